The van der Waals surface area contributed by atoms with Crippen molar-refractivity contribution >= 4 is 50.2 Å². The van der Waals surface area contributed by atoms with Gasteiger partial charge in [0, 0.05) is 5.56 Å². The number of nitriles is 2. The first-order valence-electron chi connectivity index (χ1n) is 10.1. The number of anilines is 2. The Kier molecular flexibility index (Phi) is 6.64. The number of fused-ring (bicyclic) bond motifs is 1. The molecule has 0 spiro atoms. The van der Waals surface area contributed by atoms with Gasteiger partial charge in [-0.1, -0.05) is 53.4 Å². The number of benzene rings is 2. The van der Waals surface area contributed by atoms with E-state index in [9.17, 15) is 15.3 Å². The summed E-state index contributed by atoms with van der Waals surface area (Å²) in [4.78, 5) is 21.6. The zero-order valence-corrected chi connectivity index (χ0v) is 19.8. The number of amides is 1. The highest BCUT2D eigenvalue weighted by Gasteiger charge is 2.24. The molecule has 0 saturated heterocycles. The predicted molar refractivity (Wildman–Crippen MR) is 134 cm³/mol. The van der Waals surface area contributed by atoms with Crippen LogP contribution in [0.25, 0.3) is 21.3 Å². The molecule has 1 atom stereocenters. The molecule has 0 aliphatic heterocycles. The first-order chi connectivity index (χ1) is 16.4. The predicted octanol–water partition coefficient (Wildman–Crippen LogP) is 4.81. The van der Waals surface area contributed by atoms with Gasteiger partial charge in [0.1, 0.15) is 34.3 Å². The van der Waals surface area contributed by atoms with Gasteiger partial charge in [0.15, 0.2) is 5.13 Å². The molecule has 10 heteroatoms. The minimum absolute atomic E-state index is 0.00980. The third-order valence-electron chi connectivity index (χ3n) is 4.96. The number of aromatic nitrogens is 2. The van der Waals surface area contributed by atoms with Gasteiger partial charge < -0.3 is 15.8 Å². The summed E-state index contributed by atoms with van der Waals surface area (Å²) in [6.45, 7) is 1.70. The van der Waals surface area contributed by atoms with Gasteiger partial charge in [-0.05, 0) is 30.7 Å². The van der Waals surface area contributed by atoms with E-state index in [1.165, 1.54) is 11.3 Å². The van der Waals surface area contributed by atoms with Gasteiger partial charge in [0.25, 0.3) is 0 Å². The fourth-order valence-electron chi connectivity index (χ4n) is 3.29. The van der Waals surface area contributed by atoms with Crippen LogP contribution in [0.2, 0.25) is 0 Å². The second-order valence-corrected chi connectivity index (χ2v) is 9.48. The van der Waals surface area contributed by atoms with Crippen LogP contribution < -0.4 is 15.8 Å². The van der Waals surface area contributed by atoms with Crippen LogP contribution in [0.3, 0.4) is 0 Å². The highest BCUT2D eigenvalue weighted by molar-refractivity contribution is 8.00. The smallest absolute Gasteiger partial charge is 0.239 e. The lowest BCUT2D eigenvalue weighted by molar-refractivity contribution is -0.115. The van der Waals surface area contributed by atoms with Crippen molar-refractivity contribution in [3.63, 3.8) is 0 Å². The van der Waals surface area contributed by atoms with Gasteiger partial charge in [-0.3, -0.25) is 4.79 Å². The number of methoxy groups -OCH3 is 1. The zero-order chi connectivity index (χ0) is 24.2. The van der Waals surface area contributed by atoms with E-state index in [0.29, 0.717) is 22.0 Å². The number of carbonyl (C=O) groups is 1. The van der Waals surface area contributed by atoms with Crippen molar-refractivity contribution in [2.75, 3.05) is 18.2 Å². The number of hydrogen-bond acceptors (Lipinski definition) is 9. The SMILES string of the molecule is COc1ccc2nc(NC(=O)C(C)Sc3nc(N)c(C#N)c(-c4ccccc4)c3C#N)sc2c1. The Bertz CT molecular complexity index is 1470. The Labute approximate surface area is 204 Å². The quantitative estimate of drug-likeness (QED) is 0.370. The van der Waals surface area contributed by atoms with Crippen LogP contribution in [0.5, 0.6) is 5.75 Å². The molecular weight excluding hydrogens is 468 g/mol. The van der Waals surface area contributed by atoms with Crippen molar-refractivity contribution in [1.82, 2.24) is 9.97 Å². The standard InChI is InChI=1S/C24H18N6O2S2/c1-13(22(31)30-24-28-18-9-8-15(32-2)10-19(18)34-24)33-23-17(12-26)20(14-6-4-3-5-7-14)16(11-25)21(27)29-23/h3-10,13H,1-2H3,(H2,27,29)(H,28,30,31). The molecule has 0 bridgehead atoms. The number of pyridine rings is 1. The van der Waals surface area contributed by atoms with E-state index in [0.717, 1.165) is 22.0 Å². The van der Waals surface area contributed by atoms with E-state index < -0.39 is 5.25 Å². The van der Waals surface area contributed by atoms with Crippen molar-refractivity contribution in [3.05, 3.63) is 59.7 Å². The molecule has 1 amide bonds. The molecule has 2 heterocycles. The summed E-state index contributed by atoms with van der Waals surface area (Å²) in [5, 5.41) is 22.5. The lowest BCUT2D eigenvalue weighted by atomic mass is 9.97. The molecule has 0 radical (unpaired) electrons. The minimum Gasteiger partial charge on any atom is -0.497 e. The van der Waals surface area contributed by atoms with Gasteiger partial charge in [0.2, 0.25) is 5.91 Å². The van der Waals surface area contributed by atoms with E-state index in [-0.39, 0.29) is 27.9 Å². The van der Waals surface area contributed by atoms with Gasteiger partial charge in [-0.25, -0.2) is 9.97 Å². The summed E-state index contributed by atoms with van der Waals surface area (Å²) in [5.74, 6) is 0.419. The van der Waals surface area contributed by atoms with Gasteiger partial charge in [0.05, 0.1) is 28.1 Å². The number of rotatable bonds is 6. The molecule has 1 unspecified atom stereocenters. The second kappa shape index (κ2) is 9.79. The van der Waals surface area contributed by atoms with Crippen molar-refractivity contribution in [2.24, 2.45) is 0 Å². The number of thioether (sulfide) groups is 1. The first kappa shape index (κ1) is 23.1. The van der Waals surface area contributed by atoms with E-state index in [2.05, 4.69) is 27.4 Å². The molecule has 3 N–H and O–H groups in total. The molecule has 4 aromatic rings. The van der Waals surface area contributed by atoms with Crippen LogP contribution in [0.15, 0.2) is 53.6 Å². The number of hydrogen-bond donors (Lipinski definition) is 2. The lowest BCUT2D eigenvalue weighted by Crippen LogP contribution is -2.22. The Morgan fingerprint density at radius 1 is 1.15 bits per heavy atom. The number of nitrogens with one attached hydrogen (secondary N) is 1. The molecule has 0 aliphatic rings. The molecule has 0 saturated carbocycles. The maximum Gasteiger partial charge on any atom is 0.239 e. The summed E-state index contributed by atoms with van der Waals surface area (Å²) < 4.78 is 6.12. The second-order valence-electron chi connectivity index (χ2n) is 7.12. The Hall–Kier alpha value is -4.12. The number of ether oxygens (including phenoxy) is 1. The number of carbonyl (C=O) groups excluding carboxylic acids is 1. The summed E-state index contributed by atoms with van der Waals surface area (Å²) >= 11 is 2.44. The number of thiazole rings is 1. The zero-order valence-electron chi connectivity index (χ0n) is 18.2. The van der Waals surface area contributed by atoms with Crippen molar-refractivity contribution < 1.29 is 9.53 Å². The van der Waals surface area contributed by atoms with Crippen LogP contribution in [0.4, 0.5) is 10.9 Å². The number of nitrogen functional groups attached to an aromatic ring is 1. The Morgan fingerprint density at radius 3 is 2.56 bits per heavy atom. The molecular formula is C24H18N6O2S2. The van der Waals surface area contributed by atoms with E-state index >= 15 is 0 Å². The van der Waals surface area contributed by atoms with E-state index in [1.54, 1.807) is 32.2 Å². The van der Waals surface area contributed by atoms with Crippen LogP contribution in [-0.2, 0) is 4.79 Å². The largest absolute Gasteiger partial charge is 0.497 e. The van der Waals surface area contributed by atoms with Crippen molar-refractivity contribution in [3.8, 4) is 29.0 Å². The molecule has 8 nitrogen and oxygen atoms in total. The molecule has 0 fully saturated rings. The topological polar surface area (TPSA) is 138 Å². The van der Waals surface area contributed by atoms with Gasteiger partial charge >= 0.3 is 0 Å². The maximum absolute atomic E-state index is 12.9. The first-order valence-corrected chi connectivity index (χ1v) is 11.8. The van der Waals surface area contributed by atoms with E-state index in [4.69, 9.17) is 10.5 Å². The Balaban J connectivity index is 1.62. The fraction of sp³-hybridized carbons (Fsp3) is 0.125. The lowest BCUT2D eigenvalue weighted by Gasteiger charge is -2.15. The van der Waals surface area contributed by atoms with Crippen molar-refractivity contribution in [2.45, 2.75) is 17.2 Å². The normalized spacial score (nSPS) is 11.4. The average molecular weight is 487 g/mol. The highest BCUT2D eigenvalue weighted by Crippen LogP contribution is 2.37. The summed E-state index contributed by atoms with van der Waals surface area (Å²) in [7, 11) is 1.59. The molecule has 168 valence electrons. The molecule has 2 aromatic heterocycles. The van der Waals surface area contributed by atoms with Crippen LogP contribution in [0.1, 0.15) is 18.1 Å². The van der Waals surface area contributed by atoms with Crippen LogP contribution >= 0.6 is 23.1 Å². The molecule has 4 rings (SSSR count). The third kappa shape index (κ3) is 4.50. The number of nitrogens with two attached hydrogens (primary N) is 1. The highest BCUT2D eigenvalue weighted by atomic mass is 32.2. The summed E-state index contributed by atoms with van der Waals surface area (Å²) in [6.07, 6.45) is 0. The van der Waals surface area contributed by atoms with Gasteiger partial charge in [-0.15, -0.1) is 0 Å². The van der Waals surface area contributed by atoms with Crippen molar-refractivity contribution in [1.29, 1.82) is 10.5 Å². The Morgan fingerprint density at radius 2 is 1.88 bits per heavy atom. The van der Waals surface area contributed by atoms with Crippen LogP contribution in [0, 0.1) is 22.7 Å². The van der Waals surface area contributed by atoms with Gasteiger partial charge in [-0.2, -0.15) is 10.5 Å². The molecule has 0 aliphatic carbocycles. The average Bonchev–Trinajstić information content (AvgIpc) is 3.25. The maximum atomic E-state index is 12.9. The summed E-state index contributed by atoms with van der Waals surface area (Å²) in [6, 6.07) is 18.7. The monoisotopic (exact) mass is 486 g/mol. The molecule has 34 heavy (non-hydrogen) atoms. The molecule has 2 aromatic carbocycles. The summed E-state index contributed by atoms with van der Waals surface area (Å²) in [5.41, 5.74) is 8.23. The minimum atomic E-state index is -0.614. The van der Waals surface area contributed by atoms with Crippen LogP contribution in [-0.4, -0.2) is 28.2 Å². The third-order valence-corrected chi connectivity index (χ3v) is 6.98. The fourth-order valence-corrected chi connectivity index (χ4v) is 5.10. The number of nitrogens with zero attached hydrogens (tertiary/aromatic N) is 4. The van der Waals surface area contributed by atoms with E-state index in [1.807, 2.05) is 30.3 Å².